The van der Waals surface area contributed by atoms with Crippen LogP contribution in [0.15, 0.2) is 0 Å². The first-order valence-corrected chi connectivity index (χ1v) is 5.66. The van der Waals surface area contributed by atoms with Crippen molar-refractivity contribution in [1.82, 2.24) is 4.98 Å². The lowest BCUT2D eigenvalue weighted by Gasteiger charge is -2.22. The van der Waals surface area contributed by atoms with E-state index >= 15 is 0 Å². The summed E-state index contributed by atoms with van der Waals surface area (Å²) in [7, 11) is 0. The van der Waals surface area contributed by atoms with Gasteiger partial charge in [0.2, 0.25) is 0 Å². The van der Waals surface area contributed by atoms with Crippen molar-refractivity contribution in [2.24, 2.45) is 0 Å². The zero-order chi connectivity index (χ0) is 13.0. The third kappa shape index (κ3) is 2.21. The Kier molecular flexibility index (Phi) is 4.06. The zero-order valence-electron chi connectivity index (χ0n) is 10.7. The Balaban J connectivity index is 3.58. The number of aryl methyl sites for hydroxylation is 1. The van der Waals surface area contributed by atoms with Crippen LogP contribution in [0.2, 0.25) is 0 Å². The summed E-state index contributed by atoms with van der Waals surface area (Å²) in [4.78, 5) is 6.44. The molecule has 4 heteroatoms. The van der Waals surface area contributed by atoms with Crippen LogP contribution < -0.4 is 4.90 Å². The highest BCUT2D eigenvalue weighted by Crippen LogP contribution is 2.25. The maximum Gasteiger partial charge on any atom is 0.148 e. The number of nitrogens with zero attached hydrogens (tertiary/aromatic N) is 4. The van der Waals surface area contributed by atoms with Gasteiger partial charge in [-0.05, 0) is 33.3 Å². The van der Waals surface area contributed by atoms with Crippen molar-refractivity contribution in [3.63, 3.8) is 0 Å². The summed E-state index contributed by atoms with van der Waals surface area (Å²) in [6.45, 7) is 9.25. The van der Waals surface area contributed by atoms with Crippen LogP contribution in [-0.2, 0) is 0 Å². The highest BCUT2D eigenvalue weighted by atomic mass is 15.2. The molecule has 1 aromatic rings. The van der Waals surface area contributed by atoms with Gasteiger partial charge in [-0.2, -0.15) is 10.5 Å². The summed E-state index contributed by atoms with van der Waals surface area (Å²) in [6, 6.07) is 4.22. The normalized spacial score (nSPS) is 9.53. The monoisotopic (exact) mass is 228 g/mol. The van der Waals surface area contributed by atoms with E-state index in [4.69, 9.17) is 5.26 Å². The van der Waals surface area contributed by atoms with Crippen LogP contribution in [0.1, 0.15) is 36.2 Å². The summed E-state index contributed by atoms with van der Waals surface area (Å²) < 4.78 is 0. The summed E-state index contributed by atoms with van der Waals surface area (Å²) >= 11 is 0. The van der Waals surface area contributed by atoms with Gasteiger partial charge in [-0.25, -0.2) is 4.98 Å². The van der Waals surface area contributed by atoms with Gasteiger partial charge in [0.15, 0.2) is 0 Å². The molecule has 0 amide bonds. The number of hydrogen-bond acceptors (Lipinski definition) is 4. The Morgan fingerprint density at radius 3 is 2.00 bits per heavy atom. The molecule has 0 saturated heterocycles. The Morgan fingerprint density at radius 1 is 1.06 bits per heavy atom. The van der Waals surface area contributed by atoms with Gasteiger partial charge in [0.05, 0.1) is 5.56 Å². The van der Waals surface area contributed by atoms with Gasteiger partial charge in [-0.1, -0.05) is 0 Å². The largest absolute Gasteiger partial charge is 0.356 e. The quantitative estimate of drug-likeness (QED) is 0.796. The van der Waals surface area contributed by atoms with Crippen LogP contribution in [0, 0.1) is 36.5 Å². The van der Waals surface area contributed by atoms with E-state index in [-0.39, 0.29) is 0 Å². The van der Waals surface area contributed by atoms with E-state index in [1.807, 2.05) is 32.6 Å². The molecule has 1 heterocycles. The fourth-order valence-electron chi connectivity index (χ4n) is 1.78. The first-order valence-electron chi connectivity index (χ1n) is 5.66. The summed E-state index contributed by atoms with van der Waals surface area (Å²) in [5, 5.41) is 18.4. The lowest BCUT2D eigenvalue weighted by Crippen LogP contribution is -2.25. The number of anilines is 1. The number of hydrogen-bond donors (Lipinski definition) is 0. The molecule has 4 nitrogen and oxygen atoms in total. The fourth-order valence-corrected chi connectivity index (χ4v) is 1.78. The molecule has 1 rings (SSSR count). The second-order valence-electron chi connectivity index (χ2n) is 3.79. The molecule has 0 aliphatic rings. The van der Waals surface area contributed by atoms with Gasteiger partial charge >= 0.3 is 0 Å². The van der Waals surface area contributed by atoms with Crippen molar-refractivity contribution >= 4 is 5.82 Å². The van der Waals surface area contributed by atoms with E-state index < -0.39 is 0 Å². The van der Waals surface area contributed by atoms with Gasteiger partial charge in [-0.3, -0.25) is 0 Å². The maximum atomic E-state index is 9.22. The van der Waals surface area contributed by atoms with Crippen LogP contribution in [-0.4, -0.2) is 18.1 Å². The van der Waals surface area contributed by atoms with Gasteiger partial charge in [0, 0.05) is 18.8 Å². The van der Waals surface area contributed by atoms with Crippen molar-refractivity contribution < 1.29 is 0 Å². The van der Waals surface area contributed by atoms with Gasteiger partial charge < -0.3 is 4.90 Å². The van der Waals surface area contributed by atoms with E-state index in [2.05, 4.69) is 17.1 Å². The van der Waals surface area contributed by atoms with Gasteiger partial charge in [-0.15, -0.1) is 0 Å². The predicted molar refractivity (Wildman–Crippen MR) is 66.7 cm³/mol. The summed E-state index contributed by atoms with van der Waals surface area (Å²) in [6.07, 6.45) is 0. The highest BCUT2D eigenvalue weighted by Gasteiger charge is 2.18. The molecule has 1 aromatic heterocycles. The maximum absolute atomic E-state index is 9.22. The molecule has 0 aliphatic heterocycles. The summed E-state index contributed by atoms with van der Waals surface area (Å²) in [5.41, 5.74) is 2.43. The van der Waals surface area contributed by atoms with Gasteiger partial charge in [0.1, 0.15) is 23.5 Å². The number of rotatable bonds is 3. The molecule has 0 radical (unpaired) electrons. The molecule has 0 unspecified atom stereocenters. The second-order valence-corrected chi connectivity index (χ2v) is 3.79. The average molecular weight is 228 g/mol. The van der Waals surface area contributed by atoms with Crippen molar-refractivity contribution in [3.8, 4) is 12.1 Å². The molecule has 0 aromatic carbocycles. The van der Waals surface area contributed by atoms with Crippen LogP contribution in [0.25, 0.3) is 0 Å². The molecule has 0 N–H and O–H groups in total. The third-order valence-corrected chi connectivity index (χ3v) is 2.95. The SMILES string of the molecule is CCN(CC)c1nc(C)c(C)c(C#N)c1C#N. The first kappa shape index (κ1) is 13.0. The molecule has 0 bridgehead atoms. The number of pyridine rings is 1. The van der Waals surface area contributed by atoms with Crippen LogP contribution in [0.4, 0.5) is 5.82 Å². The average Bonchev–Trinajstić information content (AvgIpc) is 2.34. The van der Waals surface area contributed by atoms with Crippen LogP contribution >= 0.6 is 0 Å². The van der Waals surface area contributed by atoms with Crippen molar-refractivity contribution in [2.45, 2.75) is 27.7 Å². The molecular formula is C13H16N4. The number of aromatic nitrogens is 1. The van der Waals surface area contributed by atoms with Crippen molar-refractivity contribution in [3.05, 3.63) is 22.4 Å². The first-order chi connectivity index (χ1) is 8.10. The highest BCUT2D eigenvalue weighted by molar-refractivity contribution is 5.64. The summed E-state index contributed by atoms with van der Waals surface area (Å²) in [5.74, 6) is 0.622. The minimum Gasteiger partial charge on any atom is -0.356 e. The standard InChI is InChI=1S/C13H16N4/c1-5-17(6-2)13-12(8-15)11(7-14)9(3)10(4)16-13/h5-6H2,1-4H3. The zero-order valence-corrected chi connectivity index (χ0v) is 10.7. The molecule has 0 aliphatic carbocycles. The van der Waals surface area contributed by atoms with Gasteiger partial charge in [0.25, 0.3) is 0 Å². The molecule has 0 spiro atoms. The second kappa shape index (κ2) is 5.32. The van der Waals surface area contributed by atoms with E-state index in [1.54, 1.807) is 0 Å². The fraction of sp³-hybridized carbons (Fsp3) is 0.462. The smallest absolute Gasteiger partial charge is 0.148 e. The molecule has 17 heavy (non-hydrogen) atoms. The lowest BCUT2D eigenvalue weighted by atomic mass is 10.0. The molecule has 0 atom stereocenters. The third-order valence-electron chi connectivity index (χ3n) is 2.95. The minimum atomic E-state index is 0.388. The van der Waals surface area contributed by atoms with E-state index in [0.717, 1.165) is 24.3 Å². The molecule has 0 saturated carbocycles. The van der Waals surface area contributed by atoms with E-state index in [0.29, 0.717) is 16.9 Å². The predicted octanol–water partition coefficient (Wildman–Crippen LogP) is 2.29. The topological polar surface area (TPSA) is 63.7 Å². The Labute approximate surface area is 102 Å². The Morgan fingerprint density at radius 2 is 1.59 bits per heavy atom. The van der Waals surface area contributed by atoms with E-state index in [9.17, 15) is 5.26 Å². The molecule has 88 valence electrons. The molecule has 0 fully saturated rings. The van der Waals surface area contributed by atoms with E-state index in [1.165, 1.54) is 0 Å². The van der Waals surface area contributed by atoms with Crippen LogP contribution in [0.3, 0.4) is 0 Å². The minimum absolute atomic E-state index is 0.388. The number of nitriles is 2. The molecular weight excluding hydrogens is 212 g/mol. The van der Waals surface area contributed by atoms with Crippen molar-refractivity contribution in [1.29, 1.82) is 10.5 Å². The lowest BCUT2D eigenvalue weighted by molar-refractivity contribution is 0.837. The van der Waals surface area contributed by atoms with Crippen LogP contribution in [0.5, 0.6) is 0 Å². The Bertz CT molecular complexity index is 502. The Hall–Kier alpha value is -2.07. The van der Waals surface area contributed by atoms with Crippen molar-refractivity contribution in [2.75, 3.05) is 18.0 Å².